The third kappa shape index (κ3) is 3.98. The lowest BCUT2D eigenvalue weighted by atomic mass is 10.0. The highest BCUT2D eigenvalue weighted by atomic mass is 16.3. The van der Waals surface area contributed by atoms with E-state index < -0.39 is 0 Å². The largest absolute Gasteiger partial charge is 0.456 e. The summed E-state index contributed by atoms with van der Waals surface area (Å²) in [7, 11) is 0. The van der Waals surface area contributed by atoms with E-state index in [0.717, 1.165) is 87.9 Å². The Kier molecular flexibility index (Phi) is 5.29. The summed E-state index contributed by atoms with van der Waals surface area (Å²) in [5.41, 5.74) is 7.37. The van der Waals surface area contributed by atoms with Gasteiger partial charge in [-0.05, 0) is 65.4 Å². The first-order valence-corrected chi connectivity index (χ1v) is 16.2. The van der Waals surface area contributed by atoms with Crippen molar-refractivity contribution in [2.45, 2.75) is 0 Å². The normalized spacial score (nSPS) is 12.1. The van der Waals surface area contributed by atoms with Crippen LogP contribution in [0.2, 0.25) is 0 Å². The summed E-state index contributed by atoms with van der Waals surface area (Å²) in [4.78, 5) is 15.1. The zero-order chi connectivity index (χ0) is 32.1. The fourth-order valence-corrected chi connectivity index (χ4v) is 7.18. The van der Waals surface area contributed by atoms with Crippen LogP contribution in [-0.2, 0) is 0 Å². The molecule has 0 aliphatic heterocycles. The molecule has 0 saturated heterocycles. The molecular formula is C43H23N3O3. The monoisotopic (exact) mass is 629 g/mol. The van der Waals surface area contributed by atoms with E-state index >= 15 is 0 Å². The maximum atomic E-state index is 6.41. The molecule has 4 aromatic heterocycles. The van der Waals surface area contributed by atoms with Gasteiger partial charge in [0.2, 0.25) is 0 Å². The van der Waals surface area contributed by atoms with Crippen LogP contribution in [-0.4, -0.2) is 15.0 Å². The number of hydrogen-bond acceptors (Lipinski definition) is 6. The number of nitrogens with zero attached hydrogens (tertiary/aromatic N) is 3. The highest BCUT2D eigenvalue weighted by Crippen LogP contribution is 2.38. The molecule has 6 nitrogen and oxygen atoms in total. The fraction of sp³-hybridized carbons (Fsp3) is 0. The third-order valence-corrected chi connectivity index (χ3v) is 9.53. The Hall–Kier alpha value is -6.79. The smallest absolute Gasteiger partial charge is 0.164 e. The number of aromatic nitrogens is 3. The Bertz CT molecular complexity index is 3000. The quantitative estimate of drug-likeness (QED) is 0.193. The molecule has 49 heavy (non-hydrogen) atoms. The Morgan fingerprint density at radius 1 is 0.306 bits per heavy atom. The molecule has 11 rings (SSSR count). The summed E-state index contributed by atoms with van der Waals surface area (Å²) in [5.74, 6) is 1.63. The van der Waals surface area contributed by atoms with E-state index in [1.807, 2.05) is 72.8 Å². The van der Waals surface area contributed by atoms with Crippen molar-refractivity contribution >= 4 is 76.6 Å². The Morgan fingerprint density at radius 2 is 0.735 bits per heavy atom. The standard InChI is InChI=1S/C43H23N3O3/c1-2-8-28-24(7-1)16-20-36-40(28)33-19-15-27(23-39(33)49-36)43-45-41(25-13-17-31-29-9-3-5-11-34(29)47-37(31)21-25)44-42(46-43)26-14-18-32-30-10-4-6-12-35(30)48-38(32)22-26/h1-23H. The van der Waals surface area contributed by atoms with Crippen molar-refractivity contribution in [1.82, 2.24) is 15.0 Å². The minimum Gasteiger partial charge on any atom is -0.456 e. The molecule has 11 aromatic rings. The topological polar surface area (TPSA) is 78.1 Å². The SMILES string of the molecule is c1ccc2c(c1)ccc1oc3cc(-c4nc(-c5ccc6c(c5)oc5ccccc56)nc(-c5ccc6c(c5)oc5ccccc56)n4)ccc3c12. The molecule has 0 fully saturated rings. The van der Waals surface area contributed by atoms with Crippen LogP contribution < -0.4 is 0 Å². The lowest BCUT2D eigenvalue weighted by Gasteiger charge is -2.09. The highest BCUT2D eigenvalue weighted by molar-refractivity contribution is 6.19. The lowest BCUT2D eigenvalue weighted by Crippen LogP contribution is -2.00. The predicted molar refractivity (Wildman–Crippen MR) is 195 cm³/mol. The van der Waals surface area contributed by atoms with E-state index in [1.54, 1.807) is 0 Å². The summed E-state index contributed by atoms with van der Waals surface area (Å²) in [6.45, 7) is 0. The van der Waals surface area contributed by atoms with Gasteiger partial charge in [-0.15, -0.1) is 0 Å². The molecule has 0 amide bonds. The molecule has 0 N–H and O–H groups in total. The third-order valence-electron chi connectivity index (χ3n) is 9.53. The van der Waals surface area contributed by atoms with E-state index in [9.17, 15) is 0 Å². The van der Waals surface area contributed by atoms with E-state index in [2.05, 4.69) is 66.7 Å². The van der Waals surface area contributed by atoms with Crippen molar-refractivity contribution in [2.24, 2.45) is 0 Å². The average Bonchev–Trinajstić information content (AvgIpc) is 3.84. The second kappa shape index (κ2) is 9.86. The zero-order valence-corrected chi connectivity index (χ0v) is 25.8. The van der Waals surface area contributed by atoms with Crippen molar-refractivity contribution in [3.63, 3.8) is 0 Å². The molecule has 4 heterocycles. The Morgan fingerprint density at radius 3 is 1.31 bits per heavy atom. The molecule has 0 bridgehead atoms. The first kappa shape index (κ1) is 26.3. The molecule has 6 heteroatoms. The van der Waals surface area contributed by atoms with Crippen molar-refractivity contribution in [3.05, 3.63) is 140 Å². The average molecular weight is 630 g/mol. The van der Waals surface area contributed by atoms with Gasteiger partial charge in [-0.3, -0.25) is 0 Å². The van der Waals surface area contributed by atoms with E-state index in [0.29, 0.717) is 17.5 Å². The van der Waals surface area contributed by atoms with Crippen LogP contribution in [0.15, 0.2) is 153 Å². The van der Waals surface area contributed by atoms with Crippen LogP contribution in [0.5, 0.6) is 0 Å². The van der Waals surface area contributed by atoms with E-state index in [-0.39, 0.29) is 0 Å². The van der Waals surface area contributed by atoms with Crippen LogP contribution in [0.4, 0.5) is 0 Å². The number of benzene rings is 7. The molecule has 0 aliphatic rings. The van der Waals surface area contributed by atoms with Crippen LogP contribution in [0.1, 0.15) is 0 Å². The number of hydrogen-bond donors (Lipinski definition) is 0. The highest BCUT2D eigenvalue weighted by Gasteiger charge is 2.18. The van der Waals surface area contributed by atoms with Crippen molar-refractivity contribution in [2.75, 3.05) is 0 Å². The van der Waals surface area contributed by atoms with Crippen molar-refractivity contribution < 1.29 is 13.3 Å². The zero-order valence-electron chi connectivity index (χ0n) is 25.8. The molecule has 0 saturated carbocycles. The number of para-hydroxylation sites is 2. The number of furan rings is 3. The van der Waals surface area contributed by atoms with Crippen LogP contribution >= 0.6 is 0 Å². The van der Waals surface area contributed by atoms with Gasteiger partial charge in [-0.1, -0.05) is 84.9 Å². The molecule has 0 spiro atoms. The summed E-state index contributed by atoms with van der Waals surface area (Å²) in [6, 6.07) is 47.1. The molecule has 0 atom stereocenters. The van der Waals surface area contributed by atoms with Gasteiger partial charge in [-0.25, -0.2) is 15.0 Å². The summed E-state index contributed by atoms with van der Waals surface area (Å²) in [5, 5.41) is 8.75. The molecule has 228 valence electrons. The lowest BCUT2D eigenvalue weighted by molar-refractivity contribution is 0.668. The van der Waals surface area contributed by atoms with Crippen molar-refractivity contribution in [3.8, 4) is 34.2 Å². The van der Waals surface area contributed by atoms with E-state index in [1.165, 1.54) is 5.39 Å². The van der Waals surface area contributed by atoms with Gasteiger partial charge in [0, 0.05) is 49.0 Å². The number of rotatable bonds is 3. The summed E-state index contributed by atoms with van der Waals surface area (Å²) >= 11 is 0. The minimum atomic E-state index is 0.543. The molecule has 0 radical (unpaired) electrons. The van der Waals surface area contributed by atoms with Gasteiger partial charge >= 0.3 is 0 Å². The summed E-state index contributed by atoms with van der Waals surface area (Å²) in [6.07, 6.45) is 0. The van der Waals surface area contributed by atoms with Gasteiger partial charge in [0.25, 0.3) is 0 Å². The first-order valence-electron chi connectivity index (χ1n) is 16.2. The van der Waals surface area contributed by atoms with Crippen LogP contribution in [0.3, 0.4) is 0 Å². The maximum absolute atomic E-state index is 6.41. The van der Waals surface area contributed by atoms with Crippen molar-refractivity contribution in [1.29, 1.82) is 0 Å². The summed E-state index contributed by atoms with van der Waals surface area (Å²) < 4.78 is 18.9. The molecular weight excluding hydrogens is 606 g/mol. The maximum Gasteiger partial charge on any atom is 0.164 e. The Labute approximate surface area is 277 Å². The molecule has 0 aliphatic carbocycles. The molecule has 7 aromatic carbocycles. The van der Waals surface area contributed by atoms with E-state index in [4.69, 9.17) is 28.2 Å². The van der Waals surface area contributed by atoms with Crippen LogP contribution in [0.25, 0.3) is 111 Å². The number of fused-ring (bicyclic) bond motifs is 11. The second-order valence-electron chi connectivity index (χ2n) is 12.4. The minimum absolute atomic E-state index is 0.543. The predicted octanol–water partition coefficient (Wildman–Crippen LogP) is 11.7. The molecule has 0 unspecified atom stereocenters. The Balaban J connectivity index is 1.12. The second-order valence-corrected chi connectivity index (χ2v) is 12.4. The first-order chi connectivity index (χ1) is 24.2. The van der Waals surface area contributed by atoms with Gasteiger partial charge in [0.05, 0.1) is 0 Å². The van der Waals surface area contributed by atoms with Gasteiger partial charge in [0.15, 0.2) is 17.5 Å². The van der Waals surface area contributed by atoms with Gasteiger partial charge in [0.1, 0.15) is 33.5 Å². The van der Waals surface area contributed by atoms with Crippen LogP contribution in [0, 0.1) is 0 Å². The van der Waals surface area contributed by atoms with Gasteiger partial charge in [-0.2, -0.15) is 0 Å². The van der Waals surface area contributed by atoms with Gasteiger partial charge < -0.3 is 13.3 Å². The fourth-order valence-electron chi connectivity index (χ4n) is 7.18.